The van der Waals surface area contributed by atoms with Crippen molar-refractivity contribution in [3.05, 3.63) is 135 Å². The molecule has 1 aromatic heterocycles. The Morgan fingerprint density at radius 2 is 1.55 bits per heavy atom. The van der Waals surface area contributed by atoms with E-state index in [2.05, 4.69) is 0 Å². The van der Waals surface area contributed by atoms with E-state index in [1.54, 1.807) is 31.3 Å². The summed E-state index contributed by atoms with van der Waals surface area (Å²) in [5, 5.41) is 0.337. The van der Waals surface area contributed by atoms with E-state index >= 15 is 0 Å². The van der Waals surface area contributed by atoms with Crippen LogP contribution in [0.4, 0.5) is 5.69 Å². The molecule has 7 rings (SSSR count). The molecule has 1 spiro atoms. The van der Waals surface area contributed by atoms with Gasteiger partial charge in [0.1, 0.15) is 5.58 Å². The third-order valence-corrected chi connectivity index (χ3v) is 8.65. The van der Waals surface area contributed by atoms with Crippen LogP contribution in [0.15, 0.2) is 100 Å². The Morgan fingerprint density at radius 1 is 0.795 bits per heavy atom. The van der Waals surface area contributed by atoms with Gasteiger partial charge in [-0.2, -0.15) is 0 Å². The number of hydrogen-bond donors (Lipinski definition) is 0. The molecule has 0 saturated heterocycles. The molecule has 0 fully saturated rings. The van der Waals surface area contributed by atoms with Crippen molar-refractivity contribution in [3.63, 3.8) is 0 Å². The van der Waals surface area contributed by atoms with E-state index in [0.29, 0.717) is 40.1 Å². The summed E-state index contributed by atoms with van der Waals surface area (Å²) in [6.45, 7) is 2.32. The van der Waals surface area contributed by atoms with Crippen molar-refractivity contribution < 1.29 is 23.5 Å². The highest BCUT2D eigenvalue weighted by Crippen LogP contribution is 2.53. The average molecular weight is 587 g/mol. The van der Waals surface area contributed by atoms with E-state index in [-0.39, 0.29) is 35.7 Å². The van der Waals surface area contributed by atoms with E-state index < -0.39 is 11.4 Å². The maximum atomic E-state index is 15.0. The first-order valence-corrected chi connectivity index (χ1v) is 14.4. The second-order valence-electron chi connectivity index (χ2n) is 11.1. The number of para-hydroxylation sites is 1. The van der Waals surface area contributed by atoms with Gasteiger partial charge in [-0.25, -0.2) is 0 Å². The Hall–Kier alpha value is -5.37. The molecule has 220 valence electrons. The van der Waals surface area contributed by atoms with Crippen LogP contribution in [0.25, 0.3) is 11.0 Å². The van der Waals surface area contributed by atoms with E-state index in [1.165, 1.54) is 4.90 Å². The number of benzene rings is 4. The van der Waals surface area contributed by atoms with Crippen LogP contribution < -0.4 is 19.8 Å². The minimum atomic E-state index is -1.69. The van der Waals surface area contributed by atoms with Gasteiger partial charge in [0, 0.05) is 12.1 Å². The molecule has 4 aromatic carbocycles. The first-order valence-electron chi connectivity index (χ1n) is 14.4. The number of methoxy groups -OCH3 is 2. The highest BCUT2D eigenvalue weighted by Gasteiger charge is 2.64. The van der Waals surface area contributed by atoms with Gasteiger partial charge in [-0.15, -0.1) is 0 Å². The van der Waals surface area contributed by atoms with Crippen molar-refractivity contribution in [2.24, 2.45) is 0 Å². The molecule has 0 bridgehead atoms. The Balaban J connectivity index is 1.43. The summed E-state index contributed by atoms with van der Waals surface area (Å²) in [5.41, 5.74) is 2.23. The van der Waals surface area contributed by atoms with Gasteiger partial charge in [0.15, 0.2) is 22.5 Å². The lowest BCUT2D eigenvalue weighted by atomic mass is 9.83. The predicted octanol–water partition coefficient (Wildman–Crippen LogP) is 5.61. The summed E-state index contributed by atoms with van der Waals surface area (Å²) in [6.07, 6.45) is 0.392. The zero-order chi connectivity index (χ0) is 30.6. The largest absolute Gasteiger partial charge is 0.493 e. The Morgan fingerprint density at radius 3 is 2.32 bits per heavy atom. The van der Waals surface area contributed by atoms with E-state index in [9.17, 15) is 14.4 Å². The number of carbonyl (C=O) groups is 2. The lowest BCUT2D eigenvalue weighted by Gasteiger charge is -2.34. The van der Waals surface area contributed by atoms with Gasteiger partial charge in [-0.3, -0.25) is 14.4 Å². The maximum Gasteiger partial charge on any atom is 0.291 e. The second kappa shape index (κ2) is 10.4. The number of fused-ring (bicyclic) bond motifs is 5. The number of nitrogens with zero attached hydrogens (tertiary/aromatic N) is 2. The van der Waals surface area contributed by atoms with Crippen LogP contribution in [0.2, 0.25) is 0 Å². The Labute approximate surface area is 254 Å². The number of anilines is 1. The summed E-state index contributed by atoms with van der Waals surface area (Å²) in [4.78, 5) is 47.0. The van der Waals surface area contributed by atoms with Crippen LogP contribution in [0.1, 0.15) is 38.4 Å². The van der Waals surface area contributed by atoms with Crippen molar-refractivity contribution in [1.82, 2.24) is 4.90 Å². The first kappa shape index (κ1) is 27.5. The minimum Gasteiger partial charge on any atom is -0.493 e. The molecule has 0 saturated carbocycles. The maximum absolute atomic E-state index is 15.0. The van der Waals surface area contributed by atoms with Gasteiger partial charge in [0.05, 0.1) is 37.4 Å². The molecule has 3 heterocycles. The zero-order valence-corrected chi connectivity index (χ0v) is 24.6. The van der Waals surface area contributed by atoms with Crippen molar-refractivity contribution in [2.75, 3.05) is 25.7 Å². The molecule has 0 aliphatic carbocycles. The molecule has 1 unspecified atom stereocenters. The molecular weight excluding hydrogens is 556 g/mol. The third kappa shape index (κ3) is 3.94. The van der Waals surface area contributed by atoms with Crippen molar-refractivity contribution in [1.29, 1.82) is 0 Å². The van der Waals surface area contributed by atoms with Crippen LogP contribution in [-0.4, -0.2) is 37.5 Å². The highest BCUT2D eigenvalue weighted by molar-refractivity contribution is 6.17. The van der Waals surface area contributed by atoms with Gasteiger partial charge >= 0.3 is 0 Å². The fourth-order valence-corrected chi connectivity index (χ4v) is 6.60. The standard InChI is InChI=1S/C36H30N2O6/c1-22-13-15-28-25(19-22)32(39)31-33(44-28)34(40)38(18-17-23-14-16-29(42-2)30(20-23)43-3)36(31)26-11-7-8-12-27(26)37(35(36)41)21-24-9-5-4-6-10-24/h4-16,19-20H,17-18,21H2,1-3H3. The summed E-state index contributed by atoms with van der Waals surface area (Å²) in [5.74, 6) is 0.200. The lowest BCUT2D eigenvalue weighted by Crippen LogP contribution is -2.53. The molecule has 2 amide bonds. The van der Waals surface area contributed by atoms with Crippen LogP contribution in [-0.2, 0) is 23.3 Å². The van der Waals surface area contributed by atoms with Gasteiger partial charge < -0.3 is 23.7 Å². The number of hydrogen-bond acceptors (Lipinski definition) is 6. The minimum absolute atomic E-state index is 0.0703. The van der Waals surface area contributed by atoms with E-state index in [1.807, 2.05) is 85.8 Å². The summed E-state index contributed by atoms with van der Waals surface area (Å²) in [6, 6.07) is 27.9. The quantitative estimate of drug-likeness (QED) is 0.246. The van der Waals surface area contributed by atoms with Crippen LogP contribution >= 0.6 is 0 Å². The van der Waals surface area contributed by atoms with Crippen molar-refractivity contribution in [3.8, 4) is 11.5 Å². The molecule has 5 aromatic rings. The van der Waals surface area contributed by atoms with Gasteiger partial charge in [0.2, 0.25) is 5.76 Å². The zero-order valence-electron chi connectivity index (χ0n) is 24.6. The molecule has 2 aliphatic rings. The number of ether oxygens (including phenoxy) is 2. The first-order chi connectivity index (χ1) is 21.4. The molecule has 8 nitrogen and oxygen atoms in total. The Kier molecular flexibility index (Phi) is 6.50. The van der Waals surface area contributed by atoms with E-state index in [4.69, 9.17) is 13.9 Å². The fraction of sp³-hybridized carbons (Fsp3) is 0.194. The molecule has 0 radical (unpaired) electrons. The summed E-state index contributed by atoms with van der Waals surface area (Å²) in [7, 11) is 3.14. The molecule has 0 N–H and O–H groups in total. The molecule has 1 atom stereocenters. The van der Waals surface area contributed by atoms with Gasteiger partial charge in [-0.05, 0) is 54.8 Å². The van der Waals surface area contributed by atoms with Crippen molar-refractivity contribution >= 4 is 28.5 Å². The monoisotopic (exact) mass is 586 g/mol. The Bertz CT molecular complexity index is 2020. The fourth-order valence-electron chi connectivity index (χ4n) is 6.60. The molecule has 2 aliphatic heterocycles. The molecule has 44 heavy (non-hydrogen) atoms. The summed E-state index contributed by atoms with van der Waals surface area (Å²) >= 11 is 0. The topological polar surface area (TPSA) is 89.3 Å². The molecule has 8 heteroatoms. The third-order valence-electron chi connectivity index (χ3n) is 8.65. The normalized spacial score (nSPS) is 17.0. The second-order valence-corrected chi connectivity index (χ2v) is 11.1. The molecular formula is C36H30N2O6. The van der Waals surface area contributed by atoms with Crippen molar-refractivity contribution in [2.45, 2.75) is 25.4 Å². The van der Waals surface area contributed by atoms with Gasteiger partial charge in [0.25, 0.3) is 11.8 Å². The van der Waals surface area contributed by atoms with Gasteiger partial charge in [-0.1, -0.05) is 66.2 Å². The average Bonchev–Trinajstić information content (AvgIpc) is 3.44. The van der Waals surface area contributed by atoms with E-state index in [0.717, 1.165) is 16.7 Å². The highest BCUT2D eigenvalue weighted by atomic mass is 16.5. The smallest absolute Gasteiger partial charge is 0.291 e. The SMILES string of the molecule is COc1ccc(CCN2C(=O)c3oc4ccc(C)cc4c(=O)c3C23C(=O)N(Cc2ccccc2)c2ccccc23)cc1OC. The number of carbonyl (C=O) groups excluding carboxylic acids is 2. The number of aryl methyl sites for hydroxylation is 1. The predicted molar refractivity (Wildman–Crippen MR) is 166 cm³/mol. The van der Waals surface area contributed by atoms with Crippen LogP contribution in [0.3, 0.4) is 0 Å². The number of rotatable bonds is 7. The van der Waals surface area contributed by atoms with Crippen LogP contribution in [0, 0.1) is 6.92 Å². The number of amides is 2. The lowest BCUT2D eigenvalue weighted by molar-refractivity contribution is -0.126. The summed E-state index contributed by atoms with van der Waals surface area (Å²) < 4.78 is 17.1. The van der Waals surface area contributed by atoms with Crippen LogP contribution in [0.5, 0.6) is 11.5 Å².